The van der Waals surface area contributed by atoms with E-state index in [1.165, 1.54) is 12.5 Å². The monoisotopic (exact) mass is 372 g/mol. The minimum atomic E-state index is -0.162. The molecule has 0 saturated heterocycles. The van der Waals surface area contributed by atoms with Gasteiger partial charge in [-0.25, -0.2) is 0 Å². The highest BCUT2D eigenvalue weighted by molar-refractivity contribution is 6.30. The van der Waals surface area contributed by atoms with Crippen LogP contribution in [0.4, 0.5) is 11.4 Å². The van der Waals surface area contributed by atoms with E-state index in [-0.39, 0.29) is 23.7 Å². The summed E-state index contributed by atoms with van der Waals surface area (Å²) in [7, 11) is 0. The quantitative estimate of drug-likeness (QED) is 0.801. The van der Waals surface area contributed by atoms with Crippen molar-refractivity contribution in [2.24, 2.45) is 0 Å². The van der Waals surface area contributed by atoms with E-state index in [0.29, 0.717) is 17.3 Å². The molecule has 0 bridgehead atoms. The molecule has 138 valence electrons. The van der Waals surface area contributed by atoms with Crippen LogP contribution in [0.3, 0.4) is 0 Å². The van der Waals surface area contributed by atoms with Gasteiger partial charge in [0.25, 0.3) is 0 Å². The van der Waals surface area contributed by atoms with Gasteiger partial charge in [-0.1, -0.05) is 50.6 Å². The summed E-state index contributed by atoms with van der Waals surface area (Å²) >= 11 is 5.92. The van der Waals surface area contributed by atoms with Gasteiger partial charge in [0.15, 0.2) is 0 Å². The Labute approximate surface area is 160 Å². The van der Waals surface area contributed by atoms with Crippen LogP contribution < -0.4 is 10.2 Å². The van der Waals surface area contributed by atoms with Gasteiger partial charge in [0.05, 0.1) is 0 Å². The van der Waals surface area contributed by atoms with Gasteiger partial charge in [0.1, 0.15) is 0 Å². The Hall–Kier alpha value is -2.33. The molecule has 2 amide bonds. The Morgan fingerprint density at radius 1 is 1.08 bits per heavy atom. The molecule has 0 saturated carbocycles. The van der Waals surface area contributed by atoms with Crippen LogP contribution in [-0.4, -0.2) is 18.4 Å². The van der Waals surface area contributed by atoms with Crippen molar-refractivity contribution in [1.29, 1.82) is 0 Å². The van der Waals surface area contributed by atoms with Gasteiger partial charge in [-0.3, -0.25) is 9.59 Å². The first-order valence-corrected chi connectivity index (χ1v) is 8.98. The fraction of sp³-hybridized carbons (Fsp3) is 0.333. The number of anilines is 2. The number of carbonyl (C=O) groups is 2. The third-order valence-electron chi connectivity index (χ3n) is 4.10. The Balaban J connectivity index is 2.02. The molecule has 5 heteroatoms. The maximum absolute atomic E-state index is 12.2. The van der Waals surface area contributed by atoms with Crippen molar-refractivity contribution in [3.8, 4) is 0 Å². The molecule has 2 rings (SSSR count). The maximum atomic E-state index is 12.2. The lowest BCUT2D eigenvalue weighted by molar-refractivity contribution is -0.117. The standard InChI is InChI=1S/C21H25ClN2O2/c1-15(25)24(19-10-8-16(9-11-19)21(2,3)4)13-12-20(26)23-18-7-5-6-17(22)14-18/h5-11,14H,12-13H2,1-4H3,(H,23,26). The summed E-state index contributed by atoms with van der Waals surface area (Å²) in [6, 6.07) is 14.9. The molecule has 0 fully saturated rings. The first-order valence-electron chi connectivity index (χ1n) is 8.61. The van der Waals surface area contributed by atoms with E-state index in [1.54, 1.807) is 29.2 Å². The molecular formula is C21H25ClN2O2. The molecule has 0 aromatic heterocycles. The molecule has 0 aliphatic rings. The van der Waals surface area contributed by atoms with Crippen molar-refractivity contribution < 1.29 is 9.59 Å². The van der Waals surface area contributed by atoms with E-state index in [0.717, 1.165) is 5.69 Å². The zero-order valence-electron chi connectivity index (χ0n) is 15.7. The highest BCUT2D eigenvalue weighted by Gasteiger charge is 2.17. The average Bonchev–Trinajstić information content (AvgIpc) is 2.54. The summed E-state index contributed by atoms with van der Waals surface area (Å²) < 4.78 is 0. The van der Waals surface area contributed by atoms with E-state index in [2.05, 4.69) is 26.1 Å². The van der Waals surface area contributed by atoms with Crippen LogP contribution in [0.25, 0.3) is 0 Å². The number of amides is 2. The van der Waals surface area contributed by atoms with Gasteiger partial charge in [-0.05, 0) is 41.3 Å². The minimum Gasteiger partial charge on any atom is -0.326 e. The molecule has 1 N–H and O–H groups in total. The Kier molecular flexibility index (Phi) is 6.43. The van der Waals surface area contributed by atoms with E-state index >= 15 is 0 Å². The molecular weight excluding hydrogens is 348 g/mol. The molecule has 26 heavy (non-hydrogen) atoms. The molecule has 2 aromatic rings. The van der Waals surface area contributed by atoms with Crippen LogP contribution in [0.5, 0.6) is 0 Å². The zero-order chi connectivity index (χ0) is 19.3. The second-order valence-corrected chi connectivity index (χ2v) is 7.71. The SMILES string of the molecule is CC(=O)N(CCC(=O)Nc1cccc(Cl)c1)c1ccc(C(C)(C)C)cc1. The molecule has 2 aromatic carbocycles. The number of carbonyl (C=O) groups excluding carboxylic acids is 2. The third kappa shape index (κ3) is 5.60. The van der Waals surface area contributed by atoms with Gasteiger partial charge in [0.2, 0.25) is 11.8 Å². The topological polar surface area (TPSA) is 49.4 Å². The molecule has 0 heterocycles. The lowest BCUT2D eigenvalue weighted by atomic mass is 9.87. The molecule has 0 radical (unpaired) electrons. The fourth-order valence-corrected chi connectivity index (χ4v) is 2.80. The van der Waals surface area contributed by atoms with Crippen LogP contribution in [0, 0.1) is 0 Å². The number of benzene rings is 2. The number of rotatable bonds is 5. The van der Waals surface area contributed by atoms with Crippen molar-refractivity contribution in [2.75, 3.05) is 16.8 Å². The van der Waals surface area contributed by atoms with E-state index in [9.17, 15) is 9.59 Å². The Morgan fingerprint density at radius 3 is 2.27 bits per heavy atom. The predicted octanol–water partition coefficient (Wildman–Crippen LogP) is 5.02. The normalized spacial score (nSPS) is 11.1. The second kappa shape index (κ2) is 8.37. The number of hydrogen-bond donors (Lipinski definition) is 1. The molecule has 0 unspecified atom stereocenters. The van der Waals surface area contributed by atoms with Crippen LogP contribution in [-0.2, 0) is 15.0 Å². The van der Waals surface area contributed by atoms with E-state index < -0.39 is 0 Å². The number of halogens is 1. The molecule has 0 atom stereocenters. The van der Waals surface area contributed by atoms with E-state index in [1.807, 2.05) is 24.3 Å². The second-order valence-electron chi connectivity index (χ2n) is 7.28. The van der Waals surface area contributed by atoms with Crippen molar-refractivity contribution in [3.05, 3.63) is 59.1 Å². The van der Waals surface area contributed by atoms with Crippen LogP contribution in [0.2, 0.25) is 5.02 Å². The highest BCUT2D eigenvalue weighted by Crippen LogP contribution is 2.25. The minimum absolute atomic E-state index is 0.0520. The Morgan fingerprint density at radius 2 is 1.73 bits per heavy atom. The summed E-state index contributed by atoms with van der Waals surface area (Å²) in [4.78, 5) is 25.8. The van der Waals surface area contributed by atoms with Gasteiger partial charge in [-0.2, -0.15) is 0 Å². The molecule has 0 aliphatic carbocycles. The number of hydrogen-bond acceptors (Lipinski definition) is 2. The summed E-state index contributed by atoms with van der Waals surface area (Å²) in [5, 5.41) is 3.36. The highest BCUT2D eigenvalue weighted by atomic mass is 35.5. The van der Waals surface area contributed by atoms with Crippen molar-refractivity contribution >= 4 is 34.8 Å². The first kappa shape index (κ1) is 20.0. The van der Waals surface area contributed by atoms with Crippen LogP contribution in [0.1, 0.15) is 39.7 Å². The summed E-state index contributed by atoms with van der Waals surface area (Å²) in [6.45, 7) is 8.25. The Bertz CT molecular complexity index is 779. The van der Waals surface area contributed by atoms with Crippen molar-refractivity contribution in [3.63, 3.8) is 0 Å². The lowest BCUT2D eigenvalue weighted by Crippen LogP contribution is -2.32. The molecule has 4 nitrogen and oxygen atoms in total. The predicted molar refractivity (Wildman–Crippen MR) is 108 cm³/mol. The molecule has 0 aliphatic heterocycles. The van der Waals surface area contributed by atoms with Gasteiger partial charge in [-0.15, -0.1) is 0 Å². The van der Waals surface area contributed by atoms with Gasteiger partial charge < -0.3 is 10.2 Å². The number of nitrogens with zero attached hydrogens (tertiary/aromatic N) is 1. The fourth-order valence-electron chi connectivity index (χ4n) is 2.61. The summed E-state index contributed by atoms with van der Waals surface area (Å²) in [5.74, 6) is -0.256. The van der Waals surface area contributed by atoms with Crippen LogP contribution >= 0.6 is 11.6 Å². The smallest absolute Gasteiger partial charge is 0.226 e. The van der Waals surface area contributed by atoms with Crippen molar-refractivity contribution in [2.45, 2.75) is 39.5 Å². The lowest BCUT2D eigenvalue weighted by Gasteiger charge is -2.23. The summed E-state index contributed by atoms with van der Waals surface area (Å²) in [5.41, 5.74) is 2.69. The third-order valence-corrected chi connectivity index (χ3v) is 4.33. The average molecular weight is 373 g/mol. The maximum Gasteiger partial charge on any atom is 0.226 e. The van der Waals surface area contributed by atoms with E-state index in [4.69, 9.17) is 11.6 Å². The summed E-state index contributed by atoms with van der Waals surface area (Å²) in [6.07, 6.45) is 0.202. The van der Waals surface area contributed by atoms with Gasteiger partial charge >= 0.3 is 0 Å². The zero-order valence-corrected chi connectivity index (χ0v) is 16.4. The first-order chi connectivity index (χ1) is 12.2. The molecule has 0 spiro atoms. The largest absolute Gasteiger partial charge is 0.326 e. The van der Waals surface area contributed by atoms with Crippen molar-refractivity contribution in [1.82, 2.24) is 0 Å². The van der Waals surface area contributed by atoms with Crippen LogP contribution in [0.15, 0.2) is 48.5 Å². The number of nitrogens with one attached hydrogen (secondary N) is 1. The van der Waals surface area contributed by atoms with Gasteiger partial charge in [0, 0.05) is 36.3 Å².